The van der Waals surface area contributed by atoms with Crippen LogP contribution in [0.2, 0.25) is 10.0 Å². The molecular weight excluding hydrogens is 492 g/mol. The zero-order chi connectivity index (χ0) is 18.2. The molecule has 0 aliphatic heterocycles. The van der Waals surface area contributed by atoms with E-state index < -0.39 is 0 Å². The minimum Gasteiger partial charge on any atom is -0.488 e. The van der Waals surface area contributed by atoms with Crippen molar-refractivity contribution in [2.45, 2.75) is 13.5 Å². The van der Waals surface area contributed by atoms with Gasteiger partial charge in [0, 0.05) is 22.2 Å². The molecule has 132 valence electrons. The van der Waals surface area contributed by atoms with E-state index in [4.69, 9.17) is 40.2 Å². The van der Waals surface area contributed by atoms with Gasteiger partial charge in [-0.05, 0) is 77.6 Å². The summed E-state index contributed by atoms with van der Waals surface area (Å²) in [5, 5.41) is 8.74. The Hall–Kier alpha value is -1.09. The second kappa shape index (κ2) is 10.2. The molecule has 2 aromatic rings. The lowest BCUT2D eigenvalue weighted by Crippen LogP contribution is -2.31. The number of ether oxygens (including phenoxy) is 1. The number of hydrazone groups is 1. The predicted octanol–water partition coefficient (Wildman–Crippen LogP) is 4.99. The van der Waals surface area contributed by atoms with Crippen LogP contribution in [-0.4, -0.2) is 17.9 Å². The highest BCUT2D eigenvalue weighted by molar-refractivity contribution is 14.1. The Kier molecular flexibility index (Phi) is 8.21. The van der Waals surface area contributed by atoms with E-state index >= 15 is 0 Å². The van der Waals surface area contributed by atoms with Crippen LogP contribution in [0.3, 0.4) is 0 Å². The standard InChI is InChI=1S/C17H16Cl2IN3OS/c1-2-21-17(25)23-22-9-11-3-6-16(15(20)7-11)24-10-12-4-5-13(18)8-14(12)19/h3-9H,2,10H2,1H3,(H2,21,23,25)/b22-9-. The van der Waals surface area contributed by atoms with Gasteiger partial charge < -0.3 is 10.1 Å². The summed E-state index contributed by atoms with van der Waals surface area (Å²) in [6, 6.07) is 11.1. The third-order valence-corrected chi connectivity index (χ3v) is 4.74. The largest absolute Gasteiger partial charge is 0.488 e. The predicted molar refractivity (Wildman–Crippen MR) is 117 cm³/mol. The van der Waals surface area contributed by atoms with Gasteiger partial charge in [-0.15, -0.1) is 0 Å². The van der Waals surface area contributed by atoms with Crippen molar-refractivity contribution in [3.8, 4) is 5.75 Å². The monoisotopic (exact) mass is 507 g/mol. The molecule has 0 fully saturated rings. The molecule has 2 rings (SSSR count). The second-order valence-corrected chi connectivity index (χ2v) is 7.36. The van der Waals surface area contributed by atoms with Crippen LogP contribution >= 0.6 is 58.0 Å². The number of hydrogen-bond acceptors (Lipinski definition) is 3. The maximum absolute atomic E-state index is 6.16. The number of halogens is 3. The summed E-state index contributed by atoms with van der Waals surface area (Å²) >= 11 is 19.3. The molecule has 0 aromatic heterocycles. The van der Waals surface area contributed by atoms with Gasteiger partial charge in [0.15, 0.2) is 5.11 Å². The lowest BCUT2D eigenvalue weighted by atomic mass is 10.2. The molecule has 0 heterocycles. The van der Waals surface area contributed by atoms with Crippen molar-refractivity contribution in [2.75, 3.05) is 6.54 Å². The van der Waals surface area contributed by atoms with E-state index in [2.05, 4.69) is 38.4 Å². The van der Waals surface area contributed by atoms with Gasteiger partial charge >= 0.3 is 0 Å². The third-order valence-electron chi connectivity index (χ3n) is 3.07. The Morgan fingerprint density at radius 2 is 2.08 bits per heavy atom. The highest BCUT2D eigenvalue weighted by Gasteiger charge is 2.06. The fourth-order valence-corrected chi connectivity index (χ4v) is 3.23. The van der Waals surface area contributed by atoms with Crippen LogP contribution in [0.4, 0.5) is 0 Å². The first kappa shape index (κ1) is 20.2. The average Bonchev–Trinajstić information content (AvgIpc) is 2.56. The third kappa shape index (κ3) is 6.62. The smallest absolute Gasteiger partial charge is 0.186 e. The molecule has 0 bridgehead atoms. The van der Waals surface area contributed by atoms with Crippen LogP contribution in [0.5, 0.6) is 5.75 Å². The number of benzene rings is 2. The molecule has 0 unspecified atom stereocenters. The average molecular weight is 508 g/mol. The van der Waals surface area contributed by atoms with Crippen molar-refractivity contribution in [1.29, 1.82) is 0 Å². The van der Waals surface area contributed by atoms with E-state index in [0.717, 1.165) is 27.0 Å². The van der Waals surface area contributed by atoms with E-state index in [1.165, 1.54) is 0 Å². The van der Waals surface area contributed by atoms with E-state index in [1.54, 1.807) is 18.3 Å². The first-order valence-electron chi connectivity index (χ1n) is 7.42. The SMILES string of the molecule is CCNC(=S)N/N=C\c1ccc(OCc2ccc(Cl)cc2Cl)c(I)c1. The maximum atomic E-state index is 6.16. The van der Waals surface area contributed by atoms with Crippen molar-refractivity contribution >= 4 is 69.3 Å². The molecule has 8 heteroatoms. The van der Waals surface area contributed by atoms with Crippen molar-refractivity contribution in [3.63, 3.8) is 0 Å². The van der Waals surface area contributed by atoms with E-state index in [0.29, 0.717) is 21.8 Å². The van der Waals surface area contributed by atoms with Crippen molar-refractivity contribution in [2.24, 2.45) is 5.10 Å². The lowest BCUT2D eigenvalue weighted by molar-refractivity contribution is 0.304. The number of hydrogen-bond donors (Lipinski definition) is 2. The number of rotatable bonds is 6. The topological polar surface area (TPSA) is 45.7 Å². The lowest BCUT2D eigenvalue weighted by Gasteiger charge is -2.10. The Morgan fingerprint density at radius 3 is 2.76 bits per heavy atom. The molecule has 0 radical (unpaired) electrons. The summed E-state index contributed by atoms with van der Waals surface area (Å²) in [4.78, 5) is 0. The van der Waals surface area contributed by atoms with Gasteiger partial charge in [-0.1, -0.05) is 29.3 Å². The molecule has 0 atom stereocenters. The van der Waals surface area contributed by atoms with Gasteiger partial charge in [0.1, 0.15) is 12.4 Å². The Labute approximate surface area is 176 Å². The van der Waals surface area contributed by atoms with Crippen LogP contribution in [0.25, 0.3) is 0 Å². The Bertz CT molecular complexity index is 786. The summed E-state index contributed by atoms with van der Waals surface area (Å²) in [5.74, 6) is 0.778. The van der Waals surface area contributed by atoms with E-state index in [-0.39, 0.29) is 0 Å². The van der Waals surface area contributed by atoms with Crippen molar-refractivity contribution in [3.05, 3.63) is 61.1 Å². The molecule has 2 aromatic carbocycles. The Morgan fingerprint density at radius 1 is 1.28 bits per heavy atom. The van der Waals surface area contributed by atoms with Gasteiger partial charge in [-0.2, -0.15) is 5.10 Å². The van der Waals surface area contributed by atoms with E-state index in [1.807, 2.05) is 31.2 Å². The first-order chi connectivity index (χ1) is 12.0. The molecule has 0 saturated carbocycles. The van der Waals surface area contributed by atoms with Crippen LogP contribution in [0, 0.1) is 3.57 Å². The molecule has 0 spiro atoms. The first-order valence-corrected chi connectivity index (χ1v) is 9.67. The summed E-state index contributed by atoms with van der Waals surface area (Å²) in [7, 11) is 0. The molecule has 0 amide bonds. The van der Waals surface area contributed by atoms with Gasteiger partial charge in [-0.25, -0.2) is 0 Å². The minimum absolute atomic E-state index is 0.373. The summed E-state index contributed by atoms with van der Waals surface area (Å²) in [6.07, 6.45) is 1.70. The molecule has 25 heavy (non-hydrogen) atoms. The summed E-state index contributed by atoms with van der Waals surface area (Å²) in [6.45, 7) is 3.09. The van der Waals surface area contributed by atoms with Gasteiger partial charge in [0.25, 0.3) is 0 Å². The zero-order valence-corrected chi connectivity index (χ0v) is 17.8. The maximum Gasteiger partial charge on any atom is 0.186 e. The molecule has 4 nitrogen and oxygen atoms in total. The number of nitrogens with one attached hydrogen (secondary N) is 2. The normalized spacial score (nSPS) is 10.7. The fraction of sp³-hybridized carbons (Fsp3) is 0.176. The Balaban J connectivity index is 1.97. The highest BCUT2D eigenvalue weighted by atomic mass is 127. The molecule has 0 aliphatic rings. The van der Waals surface area contributed by atoms with Gasteiger partial charge in [0.05, 0.1) is 9.78 Å². The van der Waals surface area contributed by atoms with Crippen LogP contribution in [0.1, 0.15) is 18.1 Å². The molecular formula is C17H16Cl2IN3OS. The van der Waals surface area contributed by atoms with Crippen LogP contribution in [0.15, 0.2) is 41.5 Å². The van der Waals surface area contributed by atoms with Crippen molar-refractivity contribution in [1.82, 2.24) is 10.7 Å². The second-order valence-electron chi connectivity index (χ2n) is 4.94. The van der Waals surface area contributed by atoms with Crippen LogP contribution < -0.4 is 15.5 Å². The fourth-order valence-electron chi connectivity index (χ4n) is 1.87. The minimum atomic E-state index is 0.373. The van der Waals surface area contributed by atoms with Gasteiger partial charge in [-0.3, -0.25) is 5.43 Å². The van der Waals surface area contributed by atoms with Gasteiger partial charge in [0.2, 0.25) is 0 Å². The molecule has 0 saturated heterocycles. The van der Waals surface area contributed by atoms with Crippen LogP contribution in [-0.2, 0) is 6.61 Å². The summed E-state index contributed by atoms with van der Waals surface area (Å²) in [5.41, 5.74) is 4.58. The molecule has 2 N–H and O–H groups in total. The van der Waals surface area contributed by atoms with Crippen molar-refractivity contribution < 1.29 is 4.74 Å². The zero-order valence-electron chi connectivity index (χ0n) is 13.4. The number of thiocarbonyl (C=S) groups is 1. The highest BCUT2D eigenvalue weighted by Crippen LogP contribution is 2.25. The quantitative estimate of drug-likeness (QED) is 0.250. The molecule has 0 aliphatic carbocycles. The van der Waals surface area contributed by atoms with E-state index in [9.17, 15) is 0 Å². The number of nitrogens with zero attached hydrogens (tertiary/aromatic N) is 1. The summed E-state index contributed by atoms with van der Waals surface area (Å²) < 4.78 is 6.82.